The molecule has 1 aromatic rings. The summed E-state index contributed by atoms with van der Waals surface area (Å²) in [5, 5.41) is 10.8. The lowest BCUT2D eigenvalue weighted by Gasteiger charge is -2.19. The summed E-state index contributed by atoms with van der Waals surface area (Å²) in [6.45, 7) is 0. The van der Waals surface area contributed by atoms with Crippen LogP contribution in [0.5, 0.6) is 0 Å². The molecule has 0 saturated heterocycles. The number of hydrogen-bond donors (Lipinski definition) is 2. The summed E-state index contributed by atoms with van der Waals surface area (Å²) in [5.74, 6) is 0.353. The van der Waals surface area contributed by atoms with Crippen LogP contribution in [0, 0.1) is 0 Å². The van der Waals surface area contributed by atoms with Crippen LogP contribution in [0.25, 0.3) is 0 Å². The number of hydrogen-bond acceptors (Lipinski definition) is 2. The Hall–Kier alpha value is -1.26. The van der Waals surface area contributed by atoms with E-state index in [9.17, 15) is 10.0 Å². The predicted molar refractivity (Wildman–Crippen MR) is 65.0 cm³/mol. The maximum Gasteiger partial charge on any atom is 0.338 e. The van der Waals surface area contributed by atoms with Gasteiger partial charge in [-0.15, -0.1) is 0 Å². The topological polar surface area (TPSA) is 66.6 Å². The first kappa shape index (κ1) is 12.2. The number of rotatable bonds is 2. The van der Waals surface area contributed by atoms with Gasteiger partial charge in [-0.3, -0.25) is 5.21 Å². The van der Waals surface area contributed by atoms with Gasteiger partial charge in [-0.2, -0.15) is 0 Å². The van der Waals surface area contributed by atoms with Gasteiger partial charge in [-0.1, -0.05) is 23.7 Å². The third-order valence-electron chi connectivity index (χ3n) is 3.32. The van der Waals surface area contributed by atoms with Crippen LogP contribution < -0.4 is 5.73 Å². The van der Waals surface area contributed by atoms with E-state index in [1.54, 1.807) is 0 Å². The SMILES string of the molecule is NC(=O)N(O)[C@H]1CC[C@H](c2ccc(Cl)cc2)C1. The predicted octanol–water partition coefficient (Wildman–Crippen LogP) is 2.75. The Morgan fingerprint density at radius 2 is 2.00 bits per heavy atom. The monoisotopic (exact) mass is 254 g/mol. The van der Waals surface area contributed by atoms with Crippen molar-refractivity contribution in [1.29, 1.82) is 0 Å². The van der Waals surface area contributed by atoms with E-state index >= 15 is 0 Å². The van der Waals surface area contributed by atoms with Gasteiger partial charge in [0.05, 0.1) is 6.04 Å². The largest absolute Gasteiger partial charge is 0.350 e. The van der Waals surface area contributed by atoms with E-state index in [0.717, 1.165) is 19.3 Å². The van der Waals surface area contributed by atoms with Crippen molar-refractivity contribution in [3.8, 4) is 0 Å². The summed E-state index contributed by atoms with van der Waals surface area (Å²) < 4.78 is 0. The molecule has 2 atom stereocenters. The molecule has 1 saturated carbocycles. The molecule has 0 unspecified atom stereocenters. The van der Waals surface area contributed by atoms with Gasteiger partial charge in [0, 0.05) is 5.02 Å². The highest BCUT2D eigenvalue weighted by Crippen LogP contribution is 2.36. The van der Waals surface area contributed by atoms with E-state index in [2.05, 4.69) is 0 Å². The fourth-order valence-corrected chi connectivity index (χ4v) is 2.52. The number of amides is 2. The Kier molecular flexibility index (Phi) is 3.54. The molecule has 17 heavy (non-hydrogen) atoms. The lowest BCUT2D eigenvalue weighted by Crippen LogP contribution is -2.39. The van der Waals surface area contributed by atoms with Gasteiger partial charge in [0.1, 0.15) is 0 Å². The second kappa shape index (κ2) is 4.94. The molecule has 1 aliphatic carbocycles. The first-order chi connectivity index (χ1) is 8.08. The maximum atomic E-state index is 10.9. The summed E-state index contributed by atoms with van der Waals surface area (Å²) in [4.78, 5) is 10.9. The van der Waals surface area contributed by atoms with Gasteiger partial charge in [0.15, 0.2) is 0 Å². The van der Waals surface area contributed by atoms with Crippen LogP contribution in [-0.4, -0.2) is 22.3 Å². The molecule has 1 fully saturated rings. The first-order valence-electron chi connectivity index (χ1n) is 5.61. The highest BCUT2D eigenvalue weighted by Gasteiger charge is 2.31. The molecule has 92 valence electrons. The average Bonchev–Trinajstić information content (AvgIpc) is 2.78. The summed E-state index contributed by atoms with van der Waals surface area (Å²) in [7, 11) is 0. The lowest BCUT2D eigenvalue weighted by molar-refractivity contribution is -0.0730. The normalized spacial score (nSPS) is 23.6. The number of nitrogens with two attached hydrogens (primary N) is 1. The number of halogens is 1. The van der Waals surface area contributed by atoms with Crippen molar-refractivity contribution in [1.82, 2.24) is 5.06 Å². The summed E-state index contributed by atoms with van der Waals surface area (Å²) >= 11 is 5.83. The zero-order chi connectivity index (χ0) is 12.4. The number of hydroxylamine groups is 2. The highest BCUT2D eigenvalue weighted by atomic mass is 35.5. The Balaban J connectivity index is 2.02. The molecular formula is C12H15ClN2O2. The first-order valence-corrected chi connectivity index (χ1v) is 5.98. The molecule has 0 aliphatic heterocycles. The van der Waals surface area contributed by atoms with Crippen molar-refractivity contribution in [2.45, 2.75) is 31.2 Å². The second-order valence-corrected chi connectivity index (χ2v) is 4.83. The molecular weight excluding hydrogens is 240 g/mol. The van der Waals surface area contributed by atoms with Gasteiger partial charge in [-0.05, 0) is 42.9 Å². The number of nitrogens with zero attached hydrogens (tertiary/aromatic N) is 1. The van der Waals surface area contributed by atoms with Crippen molar-refractivity contribution < 1.29 is 10.0 Å². The second-order valence-electron chi connectivity index (χ2n) is 4.40. The molecule has 2 amide bonds. The zero-order valence-electron chi connectivity index (χ0n) is 9.34. The molecule has 0 aromatic heterocycles. The fourth-order valence-electron chi connectivity index (χ4n) is 2.40. The molecule has 3 N–H and O–H groups in total. The molecule has 1 aliphatic rings. The average molecular weight is 255 g/mol. The van der Waals surface area contributed by atoms with Crippen molar-refractivity contribution in [2.75, 3.05) is 0 Å². The van der Waals surface area contributed by atoms with E-state index < -0.39 is 6.03 Å². The van der Waals surface area contributed by atoms with Gasteiger partial charge < -0.3 is 5.73 Å². The van der Waals surface area contributed by atoms with Gasteiger partial charge >= 0.3 is 6.03 Å². The number of benzene rings is 1. The molecule has 1 aromatic carbocycles. The summed E-state index contributed by atoms with van der Waals surface area (Å²) in [6.07, 6.45) is 2.45. The van der Waals surface area contributed by atoms with Crippen LogP contribution in [0.1, 0.15) is 30.7 Å². The van der Waals surface area contributed by atoms with Crippen LogP contribution in [0.4, 0.5) is 4.79 Å². The Labute approximate surface area is 105 Å². The van der Waals surface area contributed by atoms with Crippen LogP contribution in [0.3, 0.4) is 0 Å². The minimum absolute atomic E-state index is 0.173. The van der Waals surface area contributed by atoms with E-state index in [0.29, 0.717) is 16.0 Å². The Bertz CT molecular complexity index is 407. The summed E-state index contributed by atoms with van der Waals surface area (Å²) in [5.41, 5.74) is 6.23. The van der Waals surface area contributed by atoms with Crippen LogP contribution in [0.2, 0.25) is 5.02 Å². The minimum atomic E-state index is -0.785. The van der Waals surface area contributed by atoms with E-state index in [1.807, 2.05) is 24.3 Å². The lowest BCUT2D eigenvalue weighted by atomic mass is 9.97. The molecule has 0 radical (unpaired) electrons. The smallest absolute Gasteiger partial charge is 0.338 e. The molecule has 5 heteroatoms. The van der Waals surface area contributed by atoms with Crippen LogP contribution in [0.15, 0.2) is 24.3 Å². The minimum Gasteiger partial charge on any atom is -0.350 e. The molecule has 0 heterocycles. The van der Waals surface area contributed by atoms with E-state index in [4.69, 9.17) is 17.3 Å². The Morgan fingerprint density at radius 3 is 2.59 bits per heavy atom. The maximum absolute atomic E-state index is 10.9. The van der Waals surface area contributed by atoms with Crippen molar-refractivity contribution in [3.63, 3.8) is 0 Å². The number of primary amides is 1. The van der Waals surface area contributed by atoms with E-state index in [1.165, 1.54) is 5.56 Å². The number of urea groups is 1. The zero-order valence-corrected chi connectivity index (χ0v) is 10.1. The van der Waals surface area contributed by atoms with Gasteiger partial charge in [0.25, 0.3) is 0 Å². The van der Waals surface area contributed by atoms with Crippen LogP contribution >= 0.6 is 11.6 Å². The molecule has 4 nitrogen and oxygen atoms in total. The van der Waals surface area contributed by atoms with Crippen LogP contribution in [-0.2, 0) is 0 Å². The van der Waals surface area contributed by atoms with E-state index in [-0.39, 0.29) is 6.04 Å². The highest BCUT2D eigenvalue weighted by molar-refractivity contribution is 6.30. The van der Waals surface area contributed by atoms with Gasteiger partial charge in [-0.25, -0.2) is 9.86 Å². The Morgan fingerprint density at radius 1 is 1.35 bits per heavy atom. The standard InChI is InChI=1S/C12H15ClN2O2/c13-10-4-1-8(2-5-10)9-3-6-11(7-9)15(17)12(14)16/h1-2,4-5,9,11,17H,3,6-7H2,(H2,14,16)/t9-,11-/m0/s1. The molecule has 0 bridgehead atoms. The quantitative estimate of drug-likeness (QED) is 0.630. The van der Waals surface area contributed by atoms with Crippen molar-refractivity contribution >= 4 is 17.6 Å². The fraction of sp³-hybridized carbons (Fsp3) is 0.417. The van der Waals surface area contributed by atoms with Crippen molar-refractivity contribution in [2.24, 2.45) is 5.73 Å². The number of carbonyl (C=O) groups excluding carboxylic acids is 1. The third kappa shape index (κ3) is 2.70. The number of carbonyl (C=O) groups is 1. The summed E-state index contributed by atoms with van der Waals surface area (Å²) in [6, 6.07) is 6.73. The van der Waals surface area contributed by atoms with Gasteiger partial charge in [0.2, 0.25) is 0 Å². The van der Waals surface area contributed by atoms with Crippen molar-refractivity contribution in [3.05, 3.63) is 34.9 Å². The molecule has 0 spiro atoms. The third-order valence-corrected chi connectivity index (χ3v) is 3.57. The molecule has 2 rings (SSSR count).